The molecule has 0 aliphatic rings. The van der Waals surface area contributed by atoms with Crippen LogP contribution in [0, 0.1) is 0 Å². The lowest BCUT2D eigenvalue weighted by Gasteiger charge is -2.11. The van der Waals surface area contributed by atoms with Gasteiger partial charge in [0.15, 0.2) is 0 Å². The van der Waals surface area contributed by atoms with Crippen molar-refractivity contribution in [1.82, 2.24) is 20.8 Å². The Morgan fingerprint density at radius 2 is 2.00 bits per heavy atom. The number of hydrogen-bond acceptors (Lipinski definition) is 5. The molecule has 0 aliphatic heterocycles. The SMILES string of the molecule is C[C@H](NC=O)C(=O)NCc1ccc(-c2noc(C(F)(F)F)n2)cc1. The Hall–Kier alpha value is -2.91. The van der Waals surface area contributed by atoms with E-state index in [0.29, 0.717) is 17.5 Å². The Labute approximate surface area is 134 Å². The second-order valence-electron chi connectivity index (χ2n) is 4.84. The van der Waals surface area contributed by atoms with Crippen LogP contribution in [0.15, 0.2) is 28.8 Å². The molecule has 24 heavy (non-hydrogen) atoms. The van der Waals surface area contributed by atoms with Crippen molar-refractivity contribution < 1.29 is 27.3 Å². The summed E-state index contributed by atoms with van der Waals surface area (Å²) < 4.78 is 41.4. The van der Waals surface area contributed by atoms with Crippen molar-refractivity contribution in [2.24, 2.45) is 0 Å². The highest BCUT2D eigenvalue weighted by atomic mass is 19.4. The summed E-state index contributed by atoms with van der Waals surface area (Å²) >= 11 is 0. The van der Waals surface area contributed by atoms with Crippen LogP contribution < -0.4 is 10.6 Å². The number of carbonyl (C=O) groups excluding carboxylic acids is 2. The molecule has 0 saturated carbocycles. The number of benzene rings is 1. The summed E-state index contributed by atoms with van der Waals surface area (Å²) in [6, 6.07) is 5.58. The highest BCUT2D eigenvalue weighted by Crippen LogP contribution is 2.29. The Balaban J connectivity index is 1.99. The molecule has 0 bridgehead atoms. The van der Waals surface area contributed by atoms with Crippen molar-refractivity contribution in [2.75, 3.05) is 0 Å². The van der Waals surface area contributed by atoms with E-state index in [-0.39, 0.29) is 18.3 Å². The van der Waals surface area contributed by atoms with E-state index in [1.165, 1.54) is 19.1 Å². The smallest absolute Gasteiger partial charge is 0.350 e. The van der Waals surface area contributed by atoms with E-state index in [1.807, 2.05) is 0 Å². The van der Waals surface area contributed by atoms with Gasteiger partial charge in [0, 0.05) is 12.1 Å². The summed E-state index contributed by atoms with van der Waals surface area (Å²) in [5.74, 6) is -1.95. The lowest BCUT2D eigenvalue weighted by atomic mass is 10.1. The van der Waals surface area contributed by atoms with Gasteiger partial charge in [-0.3, -0.25) is 9.59 Å². The highest BCUT2D eigenvalue weighted by Gasteiger charge is 2.38. The molecule has 0 fully saturated rings. The van der Waals surface area contributed by atoms with Gasteiger partial charge in [-0.1, -0.05) is 29.4 Å². The van der Waals surface area contributed by atoms with Crippen LogP contribution in [-0.2, 0) is 22.3 Å². The van der Waals surface area contributed by atoms with E-state index in [4.69, 9.17) is 0 Å². The molecule has 0 unspecified atom stereocenters. The van der Waals surface area contributed by atoms with E-state index >= 15 is 0 Å². The molecule has 7 nitrogen and oxygen atoms in total. The topological polar surface area (TPSA) is 97.1 Å². The number of carbonyl (C=O) groups is 2. The zero-order chi connectivity index (χ0) is 17.7. The van der Waals surface area contributed by atoms with Crippen LogP contribution >= 0.6 is 0 Å². The summed E-state index contributed by atoms with van der Waals surface area (Å²) in [4.78, 5) is 25.2. The Morgan fingerprint density at radius 1 is 1.33 bits per heavy atom. The molecule has 1 atom stereocenters. The van der Waals surface area contributed by atoms with Gasteiger partial charge in [-0.2, -0.15) is 18.2 Å². The molecule has 2 aromatic rings. The highest BCUT2D eigenvalue weighted by molar-refractivity contribution is 5.83. The molecule has 0 saturated heterocycles. The van der Waals surface area contributed by atoms with Crippen molar-refractivity contribution >= 4 is 12.3 Å². The summed E-state index contributed by atoms with van der Waals surface area (Å²) in [6.07, 6.45) is -4.26. The van der Waals surface area contributed by atoms with E-state index in [2.05, 4.69) is 25.3 Å². The number of aromatic nitrogens is 2. The first kappa shape index (κ1) is 17.4. The molecule has 2 N–H and O–H groups in total. The average molecular weight is 342 g/mol. The van der Waals surface area contributed by atoms with Crippen molar-refractivity contribution in [3.8, 4) is 11.4 Å². The second-order valence-corrected chi connectivity index (χ2v) is 4.84. The quantitative estimate of drug-likeness (QED) is 0.776. The number of alkyl halides is 3. The van der Waals surface area contributed by atoms with Crippen LogP contribution in [0.25, 0.3) is 11.4 Å². The van der Waals surface area contributed by atoms with Crippen molar-refractivity contribution in [3.63, 3.8) is 0 Å². The average Bonchev–Trinajstić information content (AvgIpc) is 3.03. The molecule has 0 spiro atoms. The van der Waals surface area contributed by atoms with Gasteiger partial charge in [-0.05, 0) is 12.5 Å². The Morgan fingerprint density at radius 3 is 2.54 bits per heavy atom. The molecule has 1 aromatic carbocycles. The van der Waals surface area contributed by atoms with E-state index in [1.54, 1.807) is 12.1 Å². The normalized spacial score (nSPS) is 12.5. The minimum atomic E-state index is -4.69. The molecule has 0 radical (unpaired) electrons. The van der Waals surface area contributed by atoms with Gasteiger partial charge >= 0.3 is 12.1 Å². The third-order valence-corrected chi connectivity index (χ3v) is 3.06. The summed E-state index contributed by atoms with van der Waals surface area (Å²) in [5, 5.41) is 8.21. The molecular formula is C14H13F3N4O3. The van der Waals surface area contributed by atoms with Crippen LogP contribution in [0.2, 0.25) is 0 Å². The van der Waals surface area contributed by atoms with Crippen LogP contribution in [0.5, 0.6) is 0 Å². The number of hydrogen-bond donors (Lipinski definition) is 2. The third-order valence-electron chi connectivity index (χ3n) is 3.06. The zero-order valence-corrected chi connectivity index (χ0v) is 12.4. The first-order valence-corrected chi connectivity index (χ1v) is 6.79. The van der Waals surface area contributed by atoms with Crippen LogP contribution in [-0.4, -0.2) is 28.5 Å². The Bertz CT molecular complexity index is 713. The van der Waals surface area contributed by atoms with Gasteiger partial charge in [0.2, 0.25) is 18.1 Å². The maximum absolute atomic E-state index is 12.4. The largest absolute Gasteiger partial charge is 0.471 e. The Kier molecular flexibility index (Phi) is 5.17. The molecule has 1 heterocycles. The molecule has 2 amide bonds. The van der Waals surface area contributed by atoms with Crippen LogP contribution in [0.4, 0.5) is 13.2 Å². The fourth-order valence-electron chi connectivity index (χ4n) is 1.75. The number of halogens is 3. The number of amides is 2. The number of nitrogens with one attached hydrogen (secondary N) is 2. The number of nitrogens with zero attached hydrogens (tertiary/aromatic N) is 2. The minimum absolute atomic E-state index is 0.179. The van der Waals surface area contributed by atoms with Gasteiger partial charge < -0.3 is 15.2 Å². The lowest BCUT2D eigenvalue weighted by molar-refractivity contribution is -0.159. The monoisotopic (exact) mass is 342 g/mol. The summed E-state index contributed by atoms with van der Waals surface area (Å²) in [5.41, 5.74) is 1.06. The predicted octanol–water partition coefficient (Wildman–Crippen LogP) is 1.51. The van der Waals surface area contributed by atoms with Gasteiger partial charge in [0.05, 0.1) is 0 Å². The fourth-order valence-corrected chi connectivity index (χ4v) is 1.75. The van der Waals surface area contributed by atoms with E-state index in [9.17, 15) is 22.8 Å². The third kappa shape index (κ3) is 4.31. The molecule has 0 aliphatic carbocycles. The summed E-state index contributed by atoms with van der Waals surface area (Å²) in [7, 11) is 0. The lowest BCUT2D eigenvalue weighted by Crippen LogP contribution is -2.41. The maximum atomic E-state index is 12.4. The molecule has 128 valence electrons. The second kappa shape index (κ2) is 7.11. The number of rotatable bonds is 6. The van der Waals surface area contributed by atoms with Crippen LogP contribution in [0.1, 0.15) is 18.4 Å². The van der Waals surface area contributed by atoms with Crippen molar-refractivity contribution in [2.45, 2.75) is 25.7 Å². The summed E-state index contributed by atoms with van der Waals surface area (Å²) in [6.45, 7) is 1.73. The first-order valence-electron chi connectivity index (χ1n) is 6.79. The van der Waals surface area contributed by atoms with Gasteiger partial charge in [0.1, 0.15) is 6.04 Å². The molecule has 1 aromatic heterocycles. The van der Waals surface area contributed by atoms with Gasteiger partial charge in [0.25, 0.3) is 0 Å². The maximum Gasteiger partial charge on any atom is 0.471 e. The fraction of sp³-hybridized carbons (Fsp3) is 0.286. The molecule has 2 rings (SSSR count). The standard InChI is InChI=1S/C14H13F3N4O3/c1-8(19-7-22)12(23)18-6-9-2-4-10(5-3-9)11-20-13(24-21-11)14(15,16)17/h2-5,7-8H,6H2,1H3,(H,18,23)(H,19,22)/t8-/m0/s1. The predicted molar refractivity (Wildman–Crippen MR) is 75.2 cm³/mol. The van der Waals surface area contributed by atoms with Crippen molar-refractivity contribution in [1.29, 1.82) is 0 Å². The van der Waals surface area contributed by atoms with Gasteiger partial charge in [-0.15, -0.1) is 0 Å². The van der Waals surface area contributed by atoms with Gasteiger partial charge in [-0.25, -0.2) is 0 Å². The van der Waals surface area contributed by atoms with E-state index < -0.39 is 18.1 Å². The minimum Gasteiger partial charge on any atom is -0.350 e. The van der Waals surface area contributed by atoms with Crippen LogP contribution in [0.3, 0.4) is 0 Å². The first-order chi connectivity index (χ1) is 11.3. The molecule has 10 heteroatoms. The van der Waals surface area contributed by atoms with E-state index in [0.717, 1.165) is 0 Å². The zero-order valence-electron chi connectivity index (χ0n) is 12.4. The molecular weight excluding hydrogens is 329 g/mol. The van der Waals surface area contributed by atoms with Crippen molar-refractivity contribution in [3.05, 3.63) is 35.7 Å².